The third-order valence-electron chi connectivity index (χ3n) is 5.40. The molecule has 3 atom stereocenters. The molecule has 3 N–H and O–H groups in total. The Balaban J connectivity index is 1.81. The predicted molar refractivity (Wildman–Crippen MR) is 78.7 cm³/mol. The highest BCUT2D eigenvalue weighted by molar-refractivity contribution is 5.79. The molecule has 0 aromatic rings. The van der Waals surface area contributed by atoms with E-state index in [4.69, 9.17) is 5.73 Å². The van der Waals surface area contributed by atoms with Crippen LogP contribution in [0, 0.1) is 17.8 Å². The van der Waals surface area contributed by atoms with Crippen LogP contribution in [0.5, 0.6) is 0 Å². The lowest BCUT2D eigenvalue weighted by molar-refractivity contribution is -0.128. The monoisotopic (exact) mass is 266 g/mol. The van der Waals surface area contributed by atoms with E-state index < -0.39 is 0 Å². The normalized spacial score (nSPS) is 39.8. The molecule has 2 saturated carbocycles. The van der Waals surface area contributed by atoms with Crippen molar-refractivity contribution in [3.63, 3.8) is 0 Å². The zero-order valence-electron chi connectivity index (χ0n) is 12.5. The molecule has 2 fully saturated rings. The topological polar surface area (TPSA) is 55.1 Å². The number of hydrogen-bond donors (Lipinski definition) is 2. The van der Waals surface area contributed by atoms with E-state index in [2.05, 4.69) is 19.2 Å². The zero-order chi connectivity index (χ0) is 13.8. The average molecular weight is 266 g/mol. The number of rotatable bonds is 3. The second-order valence-corrected chi connectivity index (χ2v) is 6.73. The molecule has 0 bridgehead atoms. The van der Waals surface area contributed by atoms with Gasteiger partial charge in [-0.05, 0) is 50.4 Å². The van der Waals surface area contributed by atoms with Crippen LogP contribution >= 0.6 is 0 Å². The Bertz CT molecular complexity index is 297. The molecule has 3 heteroatoms. The maximum atomic E-state index is 12.4. The van der Waals surface area contributed by atoms with Crippen molar-refractivity contribution in [2.75, 3.05) is 0 Å². The summed E-state index contributed by atoms with van der Waals surface area (Å²) in [7, 11) is 0. The largest absolute Gasteiger partial charge is 0.353 e. The lowest BCUT2D eigenvalue weighted by Crippen LogP contribution is -2.50. The van der Waals surface area contributed by atoms with Gasteiger partial charge in [0.2, 0.25) is 5.91 Å². The minimum Gasteiger partial charge on any atom is -0.353 e. The standard InChI is InChI=1S/C16H30N2O/c1-3-12-7-9-13(10-8-12)18-16(19)14-6-4-5-11(2)15(14)17/h11-15H,3-10,17H2,1-2H3,(H,18,19). The molecule has 0 spiro atoms. The van der Waals surface area contributed by atoms with Crippen molar-refractivity contribution in [1.29, 1.82) is 0 Å². The average Bonchev–Trinajstić information content (AvgIpc) is 2.42. The van der Waals surface area contributed by atoms with Crippen molar-refractivity contribution in [1.82, 2.24) is 5.32 Å². The van der Waals surface area contributed by atoms with Gasteiger partial charge in [0.25, 0.3) is 0 Å². The number of hydrogen-bond acceptors (Lipinski definition) is 2. The first-order valence-electron chi connectivity index (χ1n) is 8.17. The molecule has 2 rings (SSSR count). The van der Waals surface area contributed by atoms with Crippen molar-refractivity contribution in [2.24, 2.45) is 23.5 Å². The molecule has 0 radical (unpaired) electrons. The van der Waals surface area contributed by atoms with Crippen molar-refractivity contribution in [3.8, 4) is 0 Å². The molecule has 0 aromatic heterocycles. The predicted octanol–water partition coefficient (Wildman–Crippen LogP) is 2.83. The van der Waals surface area contributed by atoms with Crippen molar-refractivity contribution in [2.45, 2.75) is 77.3 Å². The van der Waals surface area contributed by atoms with Gasteiger partial charge in [-0.15, -0.1) is 0 Å². The summed E-state index contributed by atoms with van der Waals surface area (Å²) in [6, 6.07) is 0.459. The van der Waals surface area contributed by atoms with Gasteiger partial charge in [0.15, 0.2) is 0 Å². The molecular weight excluding hydrogens is 236 g/mol. The molecule has 2 aliphatic rings. The lowest BCUT2D eigenvalue weighted by atomic mass is 9.77. The minimum atomic E-state index is 0.0487. The molecule has 2 aliphatic carbocycles. The van der Waals surface area contributed by atoms with Crippen LogP contribution in [0.4, 0.5) is 0 Å². The van der Waals surface area contributed by atoms with Crippen LogP contribution in [0.1, 0.15) is 65.2 Å². The maximum Gasteiger partial charge on any atom is 0.224 e. The Morgan fingerprint density at radius 2 is 1.84 bits per heavy atom. The summed E-state index contributed by atoms with van der Waals surface area (Å²) >= 11 is 0. The first-order valence-corrected chi connectivity index (χ1v) is 8.17. The van der Waals surface area contributed by atoms with Crippen LogP contribution in [0.3, 0.4) is 0 Å². The highest BCUT2D eigenvalue weighted by atomic mass is 16.2. The summed E-state index contributed by atoms with van der Waals surface area (Å²) in [4.78, 5) is 12.4. The smallest absolute Gasteiger partial charge is 0.224 e. The van der Waals surface area contributed by atoms with Gasteiger partial charge in [-0.25, -0.2) is 0 Å². The second-order valence-electron chi connectivity index (χ2n) is 6.73. The molecule has 110 valence electrons. The lowest BCUT2D eigenvalue weighted by Gasteiger charge is -2.35. The van der Waals surface area contributed by atoms with E-state index in [-0.39, 0.29) is 17.9 Å². The third kappa shape index (κ3) is 3.71. The van der Waals surface area contributed by atoms with Gasteiger partial charge in [-0.1, -0.05) is 26.7 Å². The van der Waals surface area contributed by atoms with Gasteiger partial charge < -0.3 is 11.1 Å². The summed E-state index contributed by atoms with van der Waals surface area (Å²) in [6.07, 6.45) is 9.43. The summed E-state index contributed by atoms with van der Waals surface area (Å²) in [5.41, 5.74) is 6.21. The quantitative estimate of drug-likeness (QED) is 0.825. The van der Waals surface area contributed by atoms with Crippen LogP contribution in [0.25, 0.3) is 0 Å². The van der Waals surface area contributed by atoms with Gasteiger partial charge in [0, 0.05) is 12.1 Å². The van der Waals surface area contributed by atoms with Gasteiger partial charge in [-0.3, -0.25) is 4.79 Å². The number of amides is 1. The van der Waals surface area contributed by atoms with Gasteiger partial charge in [0.1, 0.15) is 0 Å². The van der Waals surface area contributed by atoms with Crippen LogP contribution in [-0.4, -0.2) is 18.0 Å². The molecular formula is C16H30N2O. The van der Waals surface area contributed by atoms with Crippen molar-refractivity contribution in [3.05, 3.63) is 0 Å². The summed E-state index contributed by atoms with van der Waals surface area (Å²) in [5, 5.41) is 3.27. The van der Waals surface area contributed by atoms with Gasteiger partial charge >= 0.3 is 0 Å². The van der Waals surface area contributed by atoms with E-state index in [9.17, 15) is 4.79 Å². The fourth-order valence-corrected chi connectivity index (χ4v) is 3.77. The Morgan fingerprint density at radius 1 is 1.16 bits per heavy atom. The summed E-state index contributed by atoms with van der Waals surface area (Å²) in [6.45, 7) is 4.45. The third-order valence-corrected chi connectivity index (χ3v) is 5.40. The van der Waals surface area contributed by atoms with E-state index in [0.717, 1.165) is 31.6 Å². The first kappa shape index (κ1) is 14.8. The Kier molecular flexibility index (Phi) is 5.26. The molecule has 0 saturated heterocycles. The second kappa shape index (κ2) is 6.74. The molecule has 0 aliphatic heterocycles. The first-order chi connectivity index (χ1) is 9.11. The number of carbonyl (C=O) groups is 1. The maximum absolute atomic E-state index is 12.4. The summed E-state index contributed by atoms with van der Waals surface area (Å²) in [5.74, 6) is 1.64. The molecule has 3 unspecified atom stereocenters. The van der Waals surface area contributed by atoms with E-state index >= 15 is 0 Å². The molecule has 0 aromatic carbocycles. The highest BCUT2D eigenvalue weighted by Crippen LogP contribution is 2.30. The van der Waals surface area contributed by atoms with Crippen molar-refractivity contribution >= 4 is 5.91 Å². The van der Waals surface area contributed by atoms with E-state index in [1.807, 2.05) is 0 Å². The van der Waals surface area contributed by atoms with E-state index in [0.29, 0.717) is 12.0 Å². The Hall–Kier alpha value is -0.570. The number of carbonyl (C=O) groups excluding carboxylic acids is 1. The zero-order valence-corrected chi connectivity index (χ0v) is 12.5. The van der Waals surface area contributed by atoms with Gasteiger partial charge in [0.05, 0.1) is 5.92 Å². The van der Waals surface area contributed by atoms with Crippen LogP contribution in [-0.2, 0) is 4.79 Å². The Morgan fingerprint density at radius 3 is 2.47 bits per heavy atom. The number of nitrogens with two attached hydrogens (primary N) is 1. The summed E-state index contributed by atoms with van der Waals surface area (Å²) < 4.78 is 0. The van der Waals surface area contributed by atoms with Crippen molar-refractivity contribution < 1.29 is 4.79 Å². The fraction of sp³-hybridized carbons (Fsp3) is 0.938. The van der Waals surface area contributed by atoms with Gasteiger partial charge in [-0.2, -0.15) is 0 Å². The minimum absolute atomic E-state index is 0.0487. The van der Waals surface area contributed by atoms with Crippen LogP contribution in [0.15, 0.2) is 0 Å². The van der Waals surface area contributed by atoms with Crippen LogP contribution in [0.2, 0.25) is 0 Å². The molecule has 0 heterocycles. The molecule has 1 amide bonds. The van der Waals surface area contributed by atoms with Crippen LogP contribution < -0.4 is 11.1 Å². The SMILES string of the molecule is CCC1CCC(NC(=O)C2CCCC(C)C2N)CC1. The number of nitrogens with one attached hydrogen (secondary N) is 1. The molecule has 19 heavy (non-hydrogen) atoms. The fourth-order valence-electron chi connectivity index (χ4n) is 3.77. The molecule has 3 nitrogen and oxygen atoms in total. The van der Waals surface area contributed by atoms with E-state index in [1.165, 1.54) is 25.7 Å². The van der Waals surface area contributed by atoms with E-state index in [1.54, 1.807) is 0 Å². The highest BCUT2D eigenvalue weighted by Gasteiger charge is 2.34. The Labute approximate surface area is 117 Å².